The van der Waals surface area contributed by atoms with Crippen LogP contribution in [-0.2, 0) is 20.4 Å². The summed E-state index contributed by atoms with van der Waals surface area (Å²) in [4.78, 5) is 11.6. The van der Waals surface area contributed by atoms with Crippen LogP contribution in [0.1, 0.15) is 44.2 Å². The number of halogens is 3. The lowest BCUT2D eigenvalue weighted by Gasteiger charge is -2.32. The topological polar surface area (TPSA) is 35.5 Å². The Morgan fingerprint density at radius 3 is 2.25 bits per heavy atom. The summed E-state index contributed by atoms with van der Waals surface area (Å²) in [5, 5.41) is 0. The maximum absolute atomic E-state index is 12.7. The lowest BCUT2D eigenvalue weighted by atomic mass is 9.88. The number of cyclic esters (lactones) is 1. The first kappa shape index (κ1) is 18.1. The van der Waals surface area contributed by atoms with Gasteiger partial charge in [0, 0.05) is 26.2 Å². The van der Waals surface area contributed by atoms with Crippen molar-refractivity contribution in [1.82, 2.24) is 0 Å². The number of hydrogen-bond donors (Lipinski definition) is 0. The molecule has 1 aliphatic rings. The molecule has 0 saturated heterocycles. The molecule has 0 aromatic heterocycles. The summed E-state index contributed by atoms with van der Waals surface area (Å²) < 4.78 is 48.7. The highest BCUT2D eigenvalue weighted by Gasteiger charge is 2.32. The van der Waals surface area contributed by atoms with Crippen LogP contribution < -0.4 is 0 Å². The first-order valence-corrected chi connectivity index (χ1v) is 7.43. The van der Waals surface area contributed by atoms with E-state index < -0.39 is 23.5 Å². The minimum absolute atomic E-state index is 0.264. The quantitative estimate of drug-likeness (QED) is 0.575. The molecule has 0 amide bonds. The molecule has 0 fully saturated rings. The van der Waals surface area contributed by atoms with Gasteiger partial charge in [0.05, 0.1) is 11.6 Å². The van der Waals surface area contributed by atoms with Gasteiger partial charge in [-0.3, -0.25) is 0 Å². The molecule has 0 bridgehead atoms. The van der Waals surface area contributed by atoms with E-state index in [-0.39, 0.29) is 5.92 Å². The summed E-state index contributed by atoms with van der Waals surface area (Å²) >= 11 is 0. The van der Waals surface area contributed by atoms with Crippen molar-refractivity contribution in [3.63, 3.8) is 0 Å². The Balaban J connectivity index is 2.24. The van der Waals surface area contributed by atoms with Crippen molar-refractivity contribution in [2.45, 2.75) is 45.1 Å². The lowest BCUT2D eigenvalue weighted by Crippen LogP contribution is -2.34. The molecule has 6 heteroatoms. The number of benzene rings is 1. The van der Waals surface area contributed by atoms with Crippen molar-refractivity contribution < 1.29 is 27.4 Å². The van der Waals surface area contributed by atoms with Crippen molar-refractivity contribution in [1.29, 1.82) is 0 Å². The minimum atomic E-state index is -4.37. The number of rotatable bonds is 4. The molecule has 0 spiro atoms. The summed E-state index contributed by atoms with van der Waals surface area (Å²) in [6.07, 6.45) is -2.80. The van der Waals surface area contributed by atoms with Gasteiger partial charge in [0.1, 0.15) is 5.76 Å². The number of hydrogen-bond acceptors (Lipinski definition) is 3. The van der Waals surface area contributed by atoms with Crippen LogP contribution in [0, 0.1) is 0 Å². The Kier molecular flexibility index (Phi) is 4.78. The SMILES string of the molecule is C=C(C)[C@H](CC1=CC(=O)OC(C)(C)O1)c1ccc(C(F)(F)F)cc1. The average Bonchev–Trinajstić information content (AvgIpc) is 2.41. The van der Waals surface area contributed by atoms with E-state index in [1.165, 1.54) is 18.2 Å². The monoisotopic (exact) mass is 340 g/mol. The molecule has 24 heavy (non-hydrogen) atoms. The van der Waals surface area contributed by atoms with Gasteiger partial charge in [-0.05, 0) is 24.6 Å². The number of allylic oxidation sites excluding steroid dienone is 2. The Hall–Kier alpha value is -2.24. The Morgan fingerprint density at radius 1 is 1.21 bits per heavy atom. The molecule has 1 aliphatic heterocycles. The summed E-state index contributed by atoms with van der Waals surface area (Å²) in [6, 6.07) is 4.93. The lowest BCUT2D eigenvalue weighted by molar-refractivity contribution is -0.206. The summed E-state index contributed by atoms with van der Waals surface area (Å²) in [6.45, 7) is 8.92. The Labute approximate surface area is 138 Å². The van der Waals surface area contributed by atoms with Crippen LogP contribution in [0.15, 0.2) is 48.3 Å². The van der Waals surface area contributed by atoms with Crippen molar-refractivity contribution in [2.75, 3.05) is 0 Å². The maximum atomic E-state index is 12.7. The van der Waals surface area contributed by atoms with Gasteiger partial charge in [-0.25, -0.2) is 4.79 Å². The van der Waals surface area contributed by atoms with Gasteiger partial charge in [-0.1, -0.05) is 24.3 Å². The molecule has 130 valence electrons. The van der Waals surface area contributed by atoms with Crippen molar-refractivity contribution in [3.8, 4) is 0 Å². The van der Waals surface area contributed by atoms with Crippen LogP contribution in [0.3, 0.4) is 0 Å². The van der Waals surface area contributed by atoms with Gasteiger partial charge in [0.25, 0.3) is 0 Å². The molecule has 0 N–H and O–H groups in total. The standard InChI is InChI=1S/C18H19F3O3/c1-11(2)15(9-14-10-16(22)24-17(3,4)23-14)12-5-7-13(8-6-12)18(19,20)21/h5-8,10,15H,1,9H2,2-4H3/t15-/m0/s1. The van der Waals surface area contributed by atoms with E-state index in [1.807, 2.05) is 0 Å². The smallest absolute Gasteiger partial charge is 0.416 e. The summed E-state index contributed by atoms with van der Waals surface area (Å²) in [5.74, 6) is -1.42. The first-order valence-electron chi connectivity index (χ1n) is 7.43. The van der Waals surface area contributed by atoms with Gasteiger partial charge < -0.3 is 9.47 Å². The van der Waals surface area contributed by atoms with E-state index in [4.69, 9.17) is 9.47 Å². The van der Waals surface area contributed by atoms with Crippen LogP contribution >= 0.6 is 0 Å². The van der Waals surface area contributed by atoms with Gasteiger partial charge >= 0.3 is 12.1 Å². The second-order valence-corrected chi connectivity index (χ2v) is 6.26. The highest BCUT2D eigenvalue weighted by atomic mass is 19.4. The molecular weight excluding hydrogens is 321 g/mol. The predicted molar refractivity (Wildman–Crippen MR) is 83.0 cm³/mol. The number of ether oxygens (including phenoxy) is 2. The maximum Gasteiger partial charge on any atom is 0.416 e. The molecule has 3 nitrogen and oxygen atoms in total. The zero-order valence-electron chi connectivity index (χ0n) is 13.7. The third-order valence-electron chi connectivity index (χ3n) is 3.64. The molecule has 1 heterocycles. The second-order valence-electron chi connectivity index (χ2n) is 6.26. The highest BCUT2D eigenvalue weighted by Crippen LogP contribution is 2.36. The minimum Gasteiger partial charge on any atom is -0.457 e. The molecule has 1 aromatic rings. The molecule has 2 rings (SSSR count). The Morgan fingerprint density at radius 2 is 1.79 bits per heavy atom. The van der Waals surface area contributed by atoms with E-state index >= 15 is 0 Å². The molecule has 0 radical (unpaired) electrons. The average molecular weight is 340 g/mol. The van der Waals surface area contributed by atoms with Crippen LogP contribution in [0.25, 0.3) is 0 Å². The number of alkyl halides is 3. The van der Waals surface area contributed by atoms with Crippen LogP contribution in [-0.4, -0.2) is 11.8 Å². The van der Waals surface area contributed by atoms with E-state index in [1.54, 1.807) is 20.8 Å². The van der Waals surface area contributed by atoms with Crippen LogP contribution in [0.2, 0.25) is 0 Å². The van der Waals surface area contributed by atoms with Gasteiger partial charge in [-0.2, -0.15) is 13.2 Å². The molecule has 0 aliphatic carbocycles. The number of carbonyl (C=O) groups excluding carboxylic acids is 1. The zero-order valence-corrected chi connectivity index (χ0v) is 13.7. The first-order chi connectivity index (χ1) is 11.0. The summed E-state index contributed by atoms with van der Waals surface area (Å²) in [7, 11) is 0. The largest absolute Gasteiger partial charge is 0.457 e. The van der Waals surface area contributed by atoms with E-state index in [0.717, 1.165) is 17.7 Å². The predicted octanol–water partition coefficient (Wildman–Crippen LogP) is 4.95. The van der Waals surface area contributed by atoms with Gasteiger partial charge in [0.15, 0.2) is 0 Å². The third-order valence-corrected chi connectivity index (χ3v) is 3.64. The molecular formula is C18H19F3O3. The number of esters is 1. The van der Waals surface area contributed by atoms with Crippen molar-refractivity contribution in [2.24, 2.45) is 0 Å². The molecule has 0 unspecified atom stereocenters. The van der Waals surface area contributed by atoms with E-state index in [0.29, 0.717) is 17.7 Å². The fraction of sp³-hybridized carbons (Fsp3) is 0.389. The van der Waals surface area contributed by atoms with Crippen molar-refractivity contribution in [3.05, 3.63) is 59.4 Å². The van der Waals surface area contributed by atoms with Crippen LogP contribution in [0.4, 0.5) is 13.2 Å². The number of carbonyl (C=O) groups is 1. The van der Waals surface area contributed by atoms with E-state index in [9.17, 15) is 18.0 Å². The molecule has 1 aromatic carbocycles. The highest BCUT2D eigenvalue weighted by molar-refractivity contribution is 5.83. The van der Waals surface area contributed by atoms with Gasteiger partial charge in [0.2, 0.25) is 5.79 Å². The fourth-order valence-corrected chi connectivity index (χ4v) is 2.55. The molecule has 1 atom stereocenters. The fourth-order valence-electron chi connectivity index (χ4n) is 2.55. The van der Waals surface area contributed by atoms with E-state index in [2.05, 4.69) is 6.58 Å². The third kappa shape index (κ3) is 4.40. The Bertz CT molecular complexity index is 670. The summed E-state index contributed by atoms with van der Waals surface area (Å²) in [5.41, 5.74) is 0.734. The second kappa shape index (κ2) is 6.34. The van der Waals surface area contributed by atoms with Gasteiger partial charge in [-0.15, -0.1) is 0 Å². The molecule has 0 saturated carbocycles. The van der Waals surface area contributed by atoms with Crippen molar-refractivity contribution >= 4 is 5.97 Å². The zero-order chi connectivity index (χ0) is 18.1. The van der Waals surface area contributed by atoms with Crippen LogP contribution in [0.5, 0.6) is 0 Å². The normalized spacial score (nSPS) is 18.2.